The number of hydrogen-bond donors (Lipinski definition) is 17. The van der Waals surface area contributed by atoms with Crippen LogP contribution in [-0.4, -0.2) is 275 Å². The molecule has 0 aliphatic carbocycles. The van der Waals surface area contributed by atoms with Crippen molar-refractivity contribution in [1.29, 1.82) is 0 Å². The maximum absolute atomic E-state index is 12.2. The van der Waals surface area contributed by atoms with Crippen LogP contribution in [0.4, 0.5) is 0 Å². The molecule has 0 spiro atoms. The van der Waals surface area contributed by atoms with Crippen molar-refractivity contribution >= 4 is 11.8 Å². The van der Waals surface area contributed by atoms with E-state index in [2.05, 4.69) is 10.6 Å². The lowest BCUT2D eigenvalue weighted by molar-refractivity contribution is -0.386. The fourth-order valence-electron chi connectivity index (χ4n) is 7.74. The highest BCUT2D eigenvalue weighted by Crippen LogP contribution is 2.35. The van der Waals surface area contributed by atoms with Gasteiger partial charge in [-0.2, -0.15) is 0 Å². The minimum Gasteiger partial charge on any atom is -0.394 e. The first-order chi connectivity index (χ1) is 29.3. The van der Waals surface area contributed by atoms with Crippen LogP contribution in [0, 0.1) is 0 Å². The third-order valence-electron chi connectivity index (χ3n) is 11.1. The van der Waals surface area contributed by atoms with Crippen LogP contribution in [0.5, 0.6) is 0 Å². The van der Waals surface area contributed by atoms with Gasteiger partial charge in [0, 0.05) is 13.8 Å². The van der Waals surface area contributed by atoms with Crippen molar-refractivity contribution in [2.45, 2.75) is 167 Å². The van der Waals surface area contributed by atoms with E-state index >= 15 is 0 Å². The van der Waals surface area contributed by atoms with Gasteiger partial charge in [0.25, 0.3) is 0 Å². The highest BCUT2D eigenvalue weighted by molar-refractivity contribution is 5.73. The van der Waals surface area contributed by atoms with E-state index < -0.39 is 198 Å². The largest absolute Gasteiger partial charge is 0.394 e. The Hall–Kier alpha value is -2.02. The van der Waals surface area contributed by atoms with Crippen molar-refractivity contribution in [2.75, 3.05) is 33.0 Å². The van der Waals surface area contributed by atoms with Crippen molar-refractivity contribution in [2.24, 2.45) is 0 Å². The van der Waals surface area contributed by atoms with Gasteiger partial charge in [-0.3, -0.25) is 9.59 Å². The van der Waals surface area contributed by atoms with Crippen LogP contribution in [0.1, 0.15) is 13.8 Å². The molecule has 5 rings (SSSR count). The van der Waals surface area contributed by atoms with Crippen molar-refractivity contribution < 1.29 is 129 Å². The molecule has 0 aromatic heterocycles. The first-order valence-corrected chi connectivity index (χ1v) is 19.6. The number of amides is 2. The van der Waals surface area contributed by atoms with E-state index in [0.29, 0.717) is 0 Å². The Labute approximate surface area is 351 Å². The maximum Gasteiger partial charge on any atom is 0.217 e. The minimum absolute atomic E-state index is 0.674. The lowest BCUT2D eigenvalue weighted by atomic mass is 9.94. The molecule has 5 aliphatic rings. The molecule has 0 aromatic rings. The SMILES string of the molecule is CC(=O)N[C@H]1[C@H](O[C@H]2[C@@H](O)[C@@H](CO)O[C@H](O[C@@H]3[C@H](O)[C@@H](O)[C@H](O[C@H]4[C@H](O)[C@@H](O)[C@H](O)O[C@@H]4CO)O[C@@H]3CO)[C@@H]2O)O[C@H](CO[C@@H]2O[C@H](CO)[C@@H](O)[C@H](O)[C@H]2NC(C)=O)[C@H](O)[C@@H]1O. The van der Waals surface area contributed by atoms with Gasteiger partial charge in [0.15, 0.2) is 31.5 Å². The van der Waals surface area contributed by atoms with Crippen LogP contribution in [-0.2, 0) is 52.2 Å². The van der Waals surface area contributed by atoms with E-state index in [1.807, 2.05) is 0 Å². The molecule has 0 bridgehead atoms. The number of rotatable bonds is 15. The van der Waals surface area contributed by atoms with Crippen LogP contribution < -0.4 is 10.6 Å². The van der Waals surface area contributed by atoms with Crippen molar-refractivity contribution in [3.63, 3.8) is 0 Å². The van der Waals surface area contributed by atoms with E-state index in [9.17, 15) is 86.2 Å². The molecule has 0 saturated carbocycles. The molecule has 0 radical (unpaired) electrons. The van der Waals surface area contributed by atoms with E-state index in [1.165, 1.54) is 0 Å². The van der Waals surface area contributed by atoms with E-state index in [4.69, 9.17) is 42.6 Å². The molecule has 0 unspecified atom stereocenters. The smallest absolute Gasteiger partial charge is 0.217 e. The zero-order chi connectivity index (χ0) is 45.9. The van der Waals surface area contributed by atoms with Gasteiger partial charge < -0.3 is 130 Å². The lowest BCUT2D eigenvalue weighted by Crippen LogP contribution is -2.69. The molecule has 0 aromatic carbocycles. The normalized spacial score (nSPS) is 49.0. The minimum atomic E-state index is -2.14. The third-order valence-corrected chi connectivity index (χ3v) is 11.1. The molecular formula is C34H58N2O26. The quantitative estimate of drug-likeness (QED) is 0.0725. The predicted molar refractivity (Wildman–Crippen MR) is 190 cm³/mol. The monoisotopic (exact) mass is 910 g/mol. The van der Waals surface area contributed by atoms with Gasteiger partial charge in [0.2, 0.25) is 11.8 Å². The Morgan fingerprint density at radius 2 is 0.823 bits per heavy atom. The maximum atomic E-state index is 12.2. The molecule has 360 valence electrons. The molecule has 17 N–H and O–H groups in total. The molecular weight excluding hydrogens is 852 g/mol. The number of carbonyl (C=O) groups excluding carboxylic acids is 2. The molecule has 5 saturated heterocycles. The van der Waals surface area contributed by atoms with E-state index in [-0.39, 0.29) is 0 Å². The van der Waals surface area contributed by atoms with Crippen LogP contribution in [0.2, 0.25) is 0 Å². The molecule has 2 amide bonds. The molecule has 5 heterocycles. The summed E-state index contributed by atoms with van der Waals surface area (Å²) in [6.45, 7) is -2.19. The standard InChI is InChI=1S/C34H58N2O26/c1-8(41)35-15-20(46)17(43)10(3-37)56-31(15)54-7-14-18(44)21(47)16(36-9(2)42)32(59-14)62-29-19(45)11(4-38)57-34(26(29)52)61-28-13(6-40)58-33(25(51)23(28)49)60-27-12(5-39)55-30(53)24(50)22(27)48/h10-34,37-40,43-53H,3-7H2,1-2H3,(H,35,41)(H,36,42)/t10-,11-,12-,13-,14-,15-,16-,17-,18+,19+,20-,21-,22-,23-,24-,25-,26-,27-,28+,29+,30-,31-,32+,33+,34-/m1/s1. The molecule has 25 atom stereocenters. The van der Waals surface area contributed by atoms with E-state index in [1.54, 1.807) is 0 Å². The Morgan fingerprint density at radius 3 is 1.35 bits per heavy atom. The van der Waals surface area contributed by atoms with Crippen molar-refractivity contribution in [1.82, 2.24) is 10.6 Å². The highest BCUT2D eigenvalue weighted by atomic mass is 16.8. The van der Waals surface area contributed by atoms with Gasteiger partial charge in [-0.25, -0.2) is 0 Å². The number of ether oxygens (including phenoxy) is 9. The zero-order valence-electron chi connectivity index (χ0n) is 33.2. The first kappa shape index (κ1) is 51.0. The van der Waals surface area contributed by atoms with Gasteiger partial charge >= 0.3 is 0 Å². The fraction of sp³-hybridized carbons (Fsp3) is 0.941. The molecule has 28 nitrogen and oxygen atoms in total. The number of aliphatic hydroxyl groups is 15. The van der Waals surface area contributed by atoms with Gasteiger partial charge in [-0.15, -0.1) is 0 Å². The molecule has 5 aliphatic heterocycles. The average Bonchev–Trinajstić information content (AvgIpc) is 3.23. The first-order valence-electron chi connectivity index (χ1n) is 19.6. The van der Waals surface area contributed by atoms with Gasteiger partial charge in [-0.1, -0.05) is 0 Å². The molecule has 28 heteroatoms. The van der Waals surface area contributed by atoms with Crippen molar-refractivity contribution in [3.05, 3.63) is 0 Å². The second kappa shape index (κ2) is 22.0. The summed E-state index contributed by atoms with van der Waals surface area (Å²) in [7, 11) is 0. The second-order valence-electron chi connectivity index (χ2n) is 15.5. The third kappa shape index (κ3) is 11.0. The number of nitrogens with one attached hydrogen (secondary N) is 2. The van der Waals surface area contributed by atoms with E-state index in [0.717, 1.165) is 13.8 Å². The Bertz CT molecular complexity index is 1440. The molecule has 62 heavy (non-hydrogen) atoms. The summed E-state index contributed by atoms with van der Waals surface area (Å²) in [5.74, 6) is -1.45. The summed E-state index contributed by atoms with van der Waals surface area (Å²) in [5.41, 5.74) is 0. The van der Waals surface area contributed by atoms with Crippen LogP contribution in [0.3, 0.4) is 0 Å². The number of aliphatic hydroxyl groups excluding tert-OH is 15. The average molecular weight is 911 g/mol. The summed E-state index contributed by atoms with van der Waals surface area (Å²) in [6, 6.07) is -3.07. The van der Waals surface area contributed by atoms with Gasteiger partial charge in [0.05, 0.1) is 33.0 Å². The van der Waals surface area contributed by atoms with Crippen molar-refractivity contribution in [3.8, 4) is 0 Å². The predicted octanol–water partition coefficient (Wildman–Crippen LogP) is -11.6. The summed E-state index contributed by atoms with van der Waals surface area (Å²) >= 11 is 0. The molecule has 5 fully saturated rings. The van der Waals surface area contributed by atoms with Gasteiger partial charge in [0.1, 0.15) is 122 Å². The van der Waals surface area contributed by atoms with Crippen LogP contribution in [0.25, 0.3) is 0 Å². The number of carbonyl (C=O) groups is 2. The summed E-state index contributed by atoms with van der Waals surface area (Å²) in [5, 5.41) is 163. The van der Waals surface area contributed by atoms with Crippen LogP contribution >= 0.6 is 0 Å². The lowest BCUT2D eigenvalue weighted by Gasteiger charge is -2.49. The van der Waals surface area contributed by atoms with Crippen LogP contribution in [0.15, 0.2) is 0 Å². The second-order valence-corrected chi connectivity index (χ2v) is 15.5. The highest BCUT2D eigenvalue weighted by Gasteiger charge is 2.56. The Balaban J connectivity index is 1.32. The summed E-state index contributed by atoms with van der Waals surface area (Å²) < 4.78 is 50.4. The Morgan fingerprint density at radius 1 is 0.419 bits per heavy atom. The van der Waals surface area contributed by atoms with Gasteiger partial charge in [-0.05, 0) is 0 Å². The topological polar surface area (TPSA) is 445 Å². The Kier molecular flexibility index (Phi) is 18.1. The number of hydrogen-bond acceptors (Lipinski definition) is 26. The fourth-order valence-corrected chi connectivity index (χ4v) is 7.74. The zero-order valence-corrected chi connectivity index (χ0v) is 33.2. The summed E-state index contributed by atoms with van der Waals surface area (Å²) in [4.78, 5) is 24.1. The summed E-state index contributed by atoms with van der Waals surface area (Å²) in [6.07, 6.45) is -41.8.